The number of benzene rings is 2. The second-order valence-electron chi connectivity index (χ2n) is 3.65. The number of nitrogens with one attached hydrogen (secondary N) is 1. The number of nitrogens with zero attached hydrogens (tertiary/aromatic N) is 1. The van der Waals surface area contributed by atoms with E-state index in [2.05, 4.69) is 5.32 Å². The third kappa shape index (κ3) is 2.64. The Morgan fingerprint density at radius 2 is 1.68 bits per heavy atom. The summed E-state index contributed by atoms with van der Waals surface area (Å²) in [6, 6.07) is 7.34. The second-order valence-corrected chi connectivity index (χ2v) is 4.06. The first-order chi connectivity index (χ1) is 9.02. The van der Waals surface area contributed by atoms with Crippen molar-refractivity contribution in [1.82, 2.24) is 0 Å². The zero-order chi connectivity index (χ0) is 14.0. The molecule has 0 bridgehead atoms. The molecule has 2 aromatic rings. The number of nitriles is 1. The highest BCUT2D eigenvalue weighted by Crippen LogP contribution is 2.28. The summed E-state index contributed by atoms with van der Waals surface area (Å²) in [6.07, 6.45) is 0. The molecule has 2 aromatic carbocycles. The highest BCUT2D eigenvalue weighted by atomic mass is 35.5. The highest BCUT2D eigenvalue weighted by molar-refractivity contribution is 6.33. The van der Waals surface area contributed by atoms with Crippen molar-refractivity contribution >= 4 is 23.0 Å². The Balaban J connectivity index is 2.39. The van der Waals surface area contributed by atoms with E-state index in [1.54, 1.807) is 0 Å². The number of anilines is 2. The summed E-state index contributed by atoms with van der Waals surface area (Å²) in [5.74, 6) is -2.98. The van der Waals surface area contributed by atoms with E-state index in [1.807, 2.05) is 0 Å². The minimum Gasteiger partial charge on any atom is -0.352 e. The monoisotopic (exact) mass is 282 g/mol. The van der Waals surface area contributed by atoms with Crippen LogP contribution in [-0.2, 0) is 0 Å². The Bertz CT molecular complexity index is 680. The van der Waals surface area contributed by atoms with Crippen molar-refractivity contribution in [2.45, 2.75) is 0 Å². The summed E-state index contributed by atoms with van der Waals surface area (Å²) in [4.78, 5) is 0. The van der Waals surface area contributed by atoms with Crippen LogP contribution in [-0.4, -0.2) is 0 Å². The molecule has 19 heavy (non-hydrogen) atoms. The van der Waals surface area contributed by atoms with Crippen LogP contribution in [0.5, 0.6) is 0 Å². The predicted molar refractivity (Wildman–Crippen MR) is 65.8 cm³/mol. The maximum absolute atomic E-state index is 13.6. The Morgan fingerprint density at radius 3 is 2.32 bits per heavy atom. The van der Waals surface area contributed by atoms with Crippen LogP contribution >= 0.6 is 11.6 Å². The molecule has 96 valence electrons. The van der Waals surface area contributed by atoms with Gasteiger partial charge in [0.2, 0.25) is 0 Å². The van der Waals surface area contributed by atoms with E-state index >= 15 is 0 Å². The van der Waals surface area contributed by atoms with Gasteiger partial charge in [0.05, 0.1) is 22.0 Å². The number of halogens is 4. The van der Waals surface area contributed by atoms with Gasteiger partial charge in [0, 0.05) is 0 Å². The summed E-state index contributed by atoms with van der Waals surface area (Å²) in [7, 11) is 0. The maximum Gasteiger partial charge on any atom is 0.183 e. The van der Waals surface area contributed by atoms with Crippen LogP contribution in [0.1, 0.15) is 5.56 Å². The molecular weight excluding hydrogens is 277 g/mol. The topological polar surface area (TPSA) is 35.8 Å². The maximum atomic E-state index is 13.6. The van der Waals surface area contributed by atoms with Crippen LogP contribution in [0.25, 0.3) is 0 Å². The summed E-state index contributed by atoms with van der Waals surface area (Å²) in [5, 5.41) is 11.1. The molecule has 0 fully saturated rings. The zero-order valence-electron chi connectivity index (χ0n) is 9.35. The minimum absolute atomic E-state index is 0.0316. The summed E-state index contributed by atoms with van der Waals surface area (Å²) < 4.78 is 39.9. The van der Waals surface area contributed by atoms with Gasteiger partial charge in [-0.2, -0.15) is 5.26 Å². The predicted octanol–water partition coefficient (Wildman–Crippen LogP) is 4.37. The molecule has 0 aliphatic heterocycles. The number of hydrogen-bond donors (Lipinski definition) is 1. The van der Waals surface area contributed by atoms with Crippen LogP contribution in [0, 0.1) is 28.8 Å². The quantitative estimate of drug-likeness (QED) is 0.887. The van der Waals surface area contributed by atoms with Crippen molar-refractivity contribution in [2.24, 2.45) is 0 Å². The van der Waals surface area contributed by atoms with Crippen molar-refractivity contribution in [1.29, 1.82) is 5.26 Å². The number of rotatable bonds is 2. The highest BCUT2D eigenvalue weighted by Gasteiger charge is 2.14. The molecule has 0 spiro atoms. The van der Waals surface area contributed by atoms with Crippen molar-refractivity contribution in [3.63, 3.8) is 0 Å². The standard InChI is InChI=1S/C13H6ClF3N2/c14-9-5-8(15)2-4-10(9)19-11-3-1-7(6-18)12(16)13(11)17/h1-5,19H. The van der Waals surface area contributed by atoms with Gasteiger partial charge < -0.3 is 5.32 Å². The molecule has 0 saturated carbocycles. The van der Waals surface area contributed by atoms with Crippen molar-refractivity contribution in [3.05, 3.63) is 58.4 Å². The van der Waals surface area contributed by atoms with Crippen molar-refractivity contribution in [3.8, 4) is 6.07 Å². The SMILES string of the molecule is N#Cc1ccc(Nc2ccc(F)cc2Cl)c(F)c1F. The Kier molecular flexibility index (Phi) is 3.63. The van der Waals surface area contributed by atoms with Crippen molar-refractivity contribution in [2.75, 3.05) is 5.32 Å². The molecule has 0 saturated heterocycles. The van der Waals surface area contributed by atoms with Gasteiger partial charge in [-0.15, -0.1) is 0 Å². The van der Waals surface area contributed by atoms with Crippen LogP contribution in [0.4, 0.5) is 24.5 Å². The molecule has 0 aliphatic carbocycles. The summed E-state index contributed by atoms with van der Waals surface area (Å²) in [5.41, 5.74) is -0.357. The zero-order valence-corrected chi connectivity index (χ0v) is 10.1. The van der Waals surface area contributed by atoms with E-state index in [9.17, 15) is 13.2 Å². The summed E-state index contributed by atoms with van der Waals surface area (Å²) in [6.45, 7) is 0. The van der Waals surface area contributed by atoms with Gasteiger partial charge in [0.15, 0.2) is 11.6 Å². The van der Waals surface area contributed by atoms with E-state index in [0.29, 0.717) is 0 Å². The van der Waals surface area contributed by atoms with Crippen LogP contribution in [0.15, 0.2) is 30.3 Å². The van der Waals surface area contributed by atoms with Gasteiger partial charge in [-0.25, -0.2) is 13.2 Å². The third-order valence-corrected chi connectivity index (χ3v) is 2.72. The largest absolute Gasteiger partial charge is 0.352 e. The molecule has 0 amide bonds. The fourth-order valence-corrected chi connectivity index (χ4v) is 1.68. The number of hydrogen-bond acceptors (Lipinski definition) is 2. The summed E-state index contributed by atoms with van der Waals surface area (Å²) >= 11 is 5.76. The smallest absolute Gasteiger partial charge is 0.183 e. The molecule has 0 unspecified atom stereocenters. The minimum atomic E-state index is -1.24. The molecule has 0 atom stereocenters. The van der Waals surface area contributed by atoms with E-state index in [0.717, 1.165) is 18.2 Å². The lowest BCUT2D eigenvalue weighted by Gasteiger charge is -2.10. The van der Waals surface area contributed by atoms with Gasteiger partial charge in [0.1, 0.15) is 11.9 Å². The Labute approximate surface area is 112 Å². The van der Waals surface area contributed by atoms with Crippen LogP contribution in [0.2, 0.25) is 5.02 Å². The second kappa shape index (κ2) is 5.21. The molecule has 2 rings (SSSR count). The average molecular weight is 283 g/mol. The normalized spacial score (nSPS) is 10.1. The van der Waals surface area contributed by atoms with Gasteiger partial charge in [-0.1, -0.05) is 11.6 Å². The first-order valence-corrected chi connectivity index (χ1v) is 5.51. The molecular formula is C13H6ClF3N2. The lowest BCUT2D eigenvalue weighted by molar-refractivity contribution is 0.509. The van der Waals surface area contributed by atoms with Gasteiger partial charge >= 0.3 is 0 Å². The Hall–Kier alpha value is -2.19. The van der Waals surface area contributed by atoms with Crippen LogP contribution < -0.4 is 5.32 Å². The van der Waals surface area contributed by atoms with E-state index < -0.39 is 23.0 Å². The Morgan fingerprint density at radius 1 is 1.00 bits per heavy atom. The fraction of sp³-hybridized carbons (Fsp3) is 0. The molecule has 0 radical (unpaired) electrons. The molecule has 0 aromatic heterocycles. The van der Waals surface area contributed by atoms with Crippen molar-refractivity contribution < 1.29 is 13.2 Å². The molecule has 1 N–H and O–H groups in total. The molecule has 0 aliphatic rings. The lowest BCUT2D eigenvalue weighted by Crippen LogP contribution is -1.99. The van der Waals surface area contributed by atoms with E-state index in [4.69, 9.17) is 16.9 Å². The molecule has 0 heterocycles. The average Bonchev–Trinajstić information content (AvgIpc) is 2.38. The lowest BCUT2D eigenvalue weighted by atomic mass is 10.2. The van der Waals surface area contributed by atoms with Gasteiger partial charge in [0.25, 0.3) is 0 Å². The third-order valence-electron chi connectivity index (χ3n) is 2.40. The van der Waals surface area contributed by atoms with Gasteiger partial charge in [-0.3, -0.25) is 0 Å². The van der Waals surface area contributed by atoms with E-state index in [1.165, 1.54) is 18.2 Å². The van der Waals surface area contributed by atoms with Crippen LogP contribution in [0.3, 0.4) is 0 Å². The molecule has 2 nitrogen and oxygen atoms in total. The molecule has 6 heteroatoms. The van der Waals surface area contributed by atoms with E-state index in [-0.39, 0.29) is 16.4 Å². The van der Waals surface area contributed by atoms with Gasteiger partial charge in [-0.05, 0) is 30.3 Å². The fourth-order valence-electron chi connectivity index (χ4n) is 1.47. The first kappa shape index (κ1) is 13.2. The first-order valence-electron chi connectivity index (χ1n) is 5.13.